The summed E-state index contributed by atoms with van der Waals surface area (Å²) in [5.74, 6) is 0. The van der Waals surface area contributed by atoms with Crippen molar-refractivity contribution >= 4 is 28.4 Å². The van der Waals surface area contributed by atoms with Gasteiger partial charge in [0.1, 0.15) is 0 Å². The largest absolute Gasteiger partial charge is 0.274 e. The summed E-state index contributed by atoms with van der Waals surface area (Å²) in [5, 5.41) is 0. The van der Waals surface area contributed by atoms with Crippen LogP contribution in [0.5, 0.6) is 0 Å². The number of rotatable bonds is 4. The van der Waals surface area contributed by atoms with Crippen LogP contribution in [0.2, 0.25) is 0 Å². The Morgan fingerprint density at radius 1 is 0.767 bits per heavy atom. The number of aromatic nitrogens is 2. The summed E-state index contributed by atoms with van der Waals surface area (Å²) < 4.78 is 2.41. The molecule has 3 nitrogen and oxygen atoms in total. The lowest BCUT2D eigenvalue weighted by Gasteiger charge is -2.04. The molecular formula is C26H18N2OS. The molecule has 144 valence electrons. The molecule has 0 saturated heterocycles. The highest BCUT2D eigenvalue weighted by atomic mass is 32.1. The Morgan fingerprint density at radius 2 is 1.37 bits per heavy atom. The van der Waals surface area contributed by atoms with Crippen molar-refractivity contribution in [3.63, 3.8) is 0 Å². The first kappa shape index (κ1) is 18.3. The van der Waals surface area contributed by atoms with Crippen molar-refractivity contribution in [2.75, 3.05) is 0 Å². The van der Waals surface area contributed by atoms with Gasteiger partial charge in [0.2, 0.25) is 0 Å². The monoisotopic (exact) mass is 406 g/mol. The van der Waals surface area contributed by atoms with E-state index in [1.807, 2.05) is 109 Å². The van der Waals surface area contributed by atoms with Gasteiger partial charge in [-0.25, -0.2) is 9.38 Å². The molecule has 2 heterocycles. The minimum absolute atomic E-state index is 0.0405. The maximum Gasteiger partial charge on any atom is 0.274 e. The van der Waals surface area contributed by atoms with Crippen molar-refractivity contribution in [3.8, 4) is 22.5 Å². The van der Waals surface area contributed by atoms with Gasteiger partial charge in [-0.3, -0.25) is 4.79 Å². The van der Waals surface area contributed by atoms with Crippen molar-refractivity contribution in [2.24, 2.45) is 0 Å². The molecule has 0 amide bonds. The average molecular weight is 407 g/mol. The summed E-state index contributed by atoms with van der Waals surface area (Å²) in [6.07, 6.45) is 5.78. The molecule has 5 aromatic rings. The maximum absolute atomic E-state index is 13.3. The minimum Gasteiger partial charge on any atom is -0.267 e. The zero-order chi connectivity index (χ0) is 20.3. The van der Waals surface area contributed by atoms with Crippen LogP contribution in [-0.2, 0) is 0 Å². The van der Waals surface area contributed by atoms with E-state index < -0.39 is 0 Å². The second-order valence-corrected chi connectivity index (χ2v) is 7.88. The molecule has 0 atom stereocenters. The lowest BCUT2D eigenvalue weighted by atomic mass is 10.1. The van der Waals surface area contributed by atoms with Crippen LogP contribution in [0.1, 0.15) is 5.56 Å². The van der Waals surface area contributed by atoms with Gasteiger partial charge in [0, 0.05) is 11.1 Å². The molecule has 3 aromatic carbocycles. The Kier molecular flexibility index (Phi) is 4.83. The van der Waals surface area contributed by atoms with Gasteiger partial charge in [0.15, 0.2) is 4.96 Å². The third kappa shape index (κ3) is 3.38. The summed E-state index contributed by atoms with van der Waals surface area (Å²) in [4.78, 5) is 18.8. The standard InChI is InChI=1S/C26H18N2OS/c29-25-22(18-10-13-19-11-4-1-5-12-19)30-26-27-23(20-14-6-2-7-15-20)24(28(25)26)21-16-8-3-9-17-21/h1-18H/b13-10+,22-18+. The van der Waals surface area contributed by atoms with E-state index in [-0.39, 0.29) is 5.56 Å². The summed E-state index contributed by atoms with van der Waals surface area (Å²) in [5.41, 5.74) is 4.70. The van der Waals surface area contributed by atoms with E-state index in [1.165, 1.54) is 11.3 Å². The fourth-order valence-corrected chi connectivity index (χ4v) is 4.41. The second-order valence-electron chi connectivity index (χ2n) is 6.87. The Hall–Kier alpha value is -3.76. The van der Waals surface area contributed by atoms with E-state index in [0.717, 1.165) is 28.1 Å². The first-order valence-electron chi connectivity index (χ1n) is 9.71. The third-order valence-corrected chi connectivity index (χ3v) is 5.88. The number of allylic oxidation sites excluding steroid dienone is 1. The zero-order valence-electron chi connectivity index (χ0n) is 16.1. The zero-order valence-corrected chi connectivity index (χ0v) is 16.9. The molecule has 0 bridgehead atoms. The van der Waals surface area contributed by atoms with Crippen LogP contribution in [0.15, 0.2) is 102 Å². The van der Waals surface area contributed by atoms with Crippen LogP contribution in [0.3, 0.4) is 0 Å². The molecule has 2 aromatic heterocycles. The first-order valence-corrected chi connectivity index (χ1v) is 10.5. The molecule has 0 spiro atoms. The van der Waals surface area contributed by atoms with E-state index in [0.29, 0.717) is 9.49 Å². The molecule has 0 fully saturated rings. The highest BCUT2D eigenvalue weighted by molar-refractivity contribution is 7.15. The number of nitrogens with zero attached hydrogens (tertiary/aromatic N) is 2. The smallest absolute Gasteiger partial charge is 0.267 e. The van der Waals surface area contributed by atoms with Gasteiger partial charge in [0.05, 0.1) is 15.9 Å². The third-order valence-electron chi connectivity index (χ3n) is 4.89. The molecule has 0 radical (unpaired) electrons. The molecule has 30 heavy (non-hydrogen) atoms. The maximum atomic E-state index is 13.3. The van der Waals surface area contributed by atoms with Crippen molar-refractivity contribution in [1.82, 2.24) is 9.38 Å². The summed E-state index contributed by atoms with van der Waals surface area (Å²) >= 11 is 1.42. The Morgan fingerprint density at radius 3 is 2.03 bits per heavy atom. The van der Waals surface area contributed by atoms with Crippen molar-refractivity contribution in [2.45, 2.75) is 0 Å². The van der Waals surface area contributed by atoms with Gasteiger partial charge in [-0.1, -0.05) is 114 Å². The van der Waals surface area contributed by atoms with Gasteiger partial charge in [0.25, 0.3) is 5.56 Å². The van der Waals surface area contributed by atoms with Crippen LogP contribution in [0, 0.1) is 0 Å². The number of fused-ring (bicyclic) bond motifs is 1. The Balaban J connectivity index is 1.69. The normalized spacial score (nSPS) is 12.2. The van der Waals surface area contributed by atoms with Crippen molar-refractivity contribution < 1.29 is 0 Å². The van der Waals surface area contributed by atoms with E-state index in [2.05, 4.69) is 0 Å². The molecule has 5 rings (SSSR count). The fourth-order valence-electron chi connectivity index (χ4n) is 3.48. The van der Waals surface area contributed by atoms with Crippen LogP contribution in [-0.4, -0.2) is 9.38 Å². The van der Waals surface area contributed by atoms with Gasteiger partial charge >= 0.3 is 0 Å². The molecule has 0 aliphatic rings. The predicted octanol–water partition coefficient (Wildman–Crippen LogP) is 5.30. The SMILES string of the molecule is O=c1/c(=C\C=C\c2ccccc2)sc2nc(-c3ccccc3)c(-c3ccccc3)n12. The lowest BCUT2D eigenvalue weighted by Crippen LogP contribution is -2.23. The van der Waals surface area contributed by atoms with Gasteiger partial charge < -0.3 is 0 Å². The van der Waals surface area contributed by atoms with E-state index >= 15 is 0 Å². The van der Waals surface area contributed by atoms with E-state index in [4.69, 9.17) is 4.98 Å². The number of hydrogen-bond acceptors (Lipinski definition) is 3. The minimum atomic E-state index is -0.0405. The molecule has 0 unspecified atom stereocenters. The summed E-state index contributed by atoms with van der Waals surface area (Å²) in [6.45, 7) is 0. The number of benzene rings is 3. The van der Waals surface area contributed by atoms with E-state index in [9.17, 15) is 4.79 Å². The van der Waals surface area contributed by atoms with Crippen molar-refractivity contribution in [1.29, 1.82) is 0 Å². The van der Waals surface area contributed by atoms with Gasteiger partial charge in [-0.15, -0.1) is 0 Å². The quantitative estimate of drug-likeness (QED) is 0.406. The van der Waals surface area contributed by atoms with Crippen molar-refractivity contribution in [3.05, 3.63) is 118 Å². The Bertz CT molecular complexity index is 1430. The van der Waals surface area contributed by atoms with Gasteiger partial charge in [-0.2, -0.15) is 0 Å². The lowest BCUT2D eigenvalue weighted by molar-refractivity contribution is 1.15. The number of hydrogen-bond donors (Lipinski definition) is 0. The first-order chi connectivity index (χ1) is 14.8. The van der Waals surface area contributed by atoms with Crippen LogP contribution >= 0.6 is 11.3 Å². The van der Waals surface area contributed by atoms with Crippen LogP contribution < -0.4 is 10.1 Å². The molecule has 0 aliphatic heterocycles. The molecule has 0 aliphatic carbocycles. The highest BCUT2D eigenvalue weighted by Crippen LogP contribution is 2.32. The predicted molar refractivity (Wildman–Crippen MR) is 125 cm³/mol. The molecule has 4 heteroatoms. The fraction of sp³-hybridized carbons (Fsp3) is 0. The molecule has 0 N–H and O–H groups in total. The summed E-state index contributed by atoms with van der Waals surface area (Å²) in [7, 11) is 0. The summed E-state index contributed by atoms with van der Waals surface area (Å²) in [6, 6.07) is 30.0. The highest BCUT2D eigenvalue weighted by Gasteiger charge is 2.19. The van der Waals surface area contributed by atoms with Crippen LogP contribution in [0.4, 0.5) is 0 Å². The average Bonchev–Trinajstić information content (AvgIpc) is 3.32. The second kappa shape index (κ2) is 7.93. The number of imidazole rings is 1. The van der Waals surface area contributed by atoms with Gasteiger partial charge in [-0.05, 0) is 11.6 Å². The molecule has 0 saturated carbocycles. The number of thiazole rings is 1. The van der Waals surface area contributed by atoms with E-state index in [1.54, 1.807) is 4.40 Å². The molecular weight excluding hydrogens is 388 g/mol. The topological polar surface area (TPSA) is 34.4 Å². The van der Waals surface area contributed by atoms with Crippen LogP contribution in [0.25, 0.3) is 39.6 Å². The Labute approximate surface area is 177 Å².